The van der Waals surface area contributed by atoms with Crippen molar-refractivity contribution in [1.29, 1.82) is 0 Å². The molecule has 0 saturated heterocycles. The molecule has 3 heteroatoms. The zero-order chi connectivity index (χ0) is 46.6. The van der Waals surface area contributed by atoms with E-state index in [4.69, 9.17) is 14.4 Å². The fourth-order valence-electron chi connectivity index (χ4n) is 11.8. The van der Waals surface area contributed by atoms with Crippen molar-refractivity contribution < 1.29 is 4.42 Å². The molecule has 0 aliphatic rings. The Balaban J connectivity index is 0.975. The highest BCUT2D eigenvalue weighted by atomic mass is 16.3. The van der Waals surface area contributed by atoms with Crippen LogP contribution < -0.4 is 0 Å². The van der Waals surface area contributed by atoms with E-state index in [0.717, 1.165) is 66.4 Å². The summed E-state index contributed by atoms with van der Waals surface area (Å²) in [5, 5.41) is 19.1. The van der Waals surface area contributed by atoms with Crippen LogP contribution >= 0.6 is 0 Å². The molecule has 2 aromatic heterocycles. The van der Waals surface area contributed by atoms with E-state index in [0.29, 0.717) is 5.82 Å². The van der Waals surface area contributed by atoms with Crippen molar-refractivity contribution in [3.8, 4) is 56.2 Å². The average Bonchev–Trinajstić information content (AvgIpc) is 3.80. The van der Waals surface area contributed by atoms with Crippen LogP contribution in [0.3, 0.4) is 0 Å². The highest BCUT2D eigenvalue weighted by Gasteiger charge is 2.24. The number of hydrogen-bond acceptors (Lipinski definition) is 3. The van der Waals surface area contributed by atoms with Gasteiger partial charge in [0.1, 0.15) is 11.2 Å². The molecule has 0 aliphatic carbocycles. The van der Waals surface area contributed by atoms with Crippen LogP contribution in [0.15, 0.2) is 247 Å². The van der Waals surface area contributed by atoms with Gasteiger partial charge in [-0.3, -0.25) is 0 Å². The molecule has 0 saturated carbocycles. The fourth-order valence-corrected chi connectivity index (χ4v) is 11.8. The standard InChI is InChI=1S/C68H40N2O/c1-3-19-41(20-4-1)60-40-61(70-68(69-60)42-21-5-2-6-22-42)65-51-29-13-17-33-55(51)67(56-34-18-14-30-52(56)65)66-53-31-15-11-27-49(53)64(50-28-12-16-32-54(50)66)43-35-36-48-59-38-57-46-25-9-7-23-44(46)45-24-8-10-26-47(45)58(57)39-63(59)71-62(48)37-43/h1-40H. The topological polar surface area (TPSA) is 38.9 Å². The van der Waals surface area contributed by atoms with Gasteiger partial charge in [-0.1, -0.05) is 212 Å². The van der Waals surface area contributed by atoms with Crippen LogP contribution in [-0.2, 0) is 0 Å². The number of hydrogen-bond donors (Lipinski definition) is 0. The predicted octanol–water partition coefficient (Wildman–Crippen LogP) is 18.8. The van der Waals surface area contributed by atoms with Gasteiger partial charge in [0.05, 0.1) is 11.4 Å². The minimum atomic E-state index is 0.697. The van der Waals surface area contributed by atoms with Gasteiger partial charge in [0, 0.05) is 27.5 Å². The molecular weight excluding hydrogens is 861 g/mol. The SMILES string of the molecule is c1ccc(-c2cc(-c3c4ccccc4c(-c4c5ccccc5c(-c5ccc6c(c5)oc5cc7c8ccccc8c8ccccc8c7cc56)c5ccccc45)c4ccccc34)nc(-c3ccccc3)n2)cc1. The zero-order valence-corrected chi connectivity index (χ0v) is 38.4. The summed E-state index contributed by atoms with van der Waals surface area (Å²) in [6, 6.07) is 87.5. The van der Waals surface area contributed by atoms with Gasteiger partial charge in [-0.05, 0) is 128 Å². The third kappa shape index (κ3) is 6.03. The van der Waals surface area contributed by atoms with Crippen molar-refractivity contribution in [2.24, 2.45) is 0 Å². The summed E-state index contributed by atoms with van der Waals surface area (Å²) in [5.41, 5.74) is 11.4. The first-order chi connectivity index (χ1) is 35.2. The van der Waals surface area contributed by atoms with Crippen LogP contribution in [0.5, 0.6) is 0 Å². The maximum atomic E-state index is 6.90. The summed E-state index contributed by atoms with van der Waals surface area (Å²) in [6.45, 7) is 0. The largest absolute Gasteiger partial charge is 0.456 e. The first kappa shape index (κ1) is 39.5. The number of benzene rings is 13. The number of furan rings is 1. The molecule has 15 rings (SSSR count). The van der Waals surface area contributed by atoms with Crippen LogP contribution in [0.2, 0.25) is 0 Å². The highest BCUT2D eigenvalue weighted by Crippen LogP contribution is 2.51. The molecule has 0 atom stereocenters. The van der Waals surface area contributed by atoms with Gasteiger partial charge in [-0.2, -0.15) is 0 Å². The smallest absolute Gasteiger partial charge is 0.160 e. The molecule has 13 aromatic carbocycles. The van der Waals surface area contributed by atoms with Crippen molar-refractivity contribution in [3.05, 3.63) is 243 Å². The van der Waals surface area contributed by atoms with E-state index in [1.54, 1.807) is 0 Å². The van der Waals surface area contributed by atoms with Gasteiger partial charge in [-0.25, -0.2) is 9.97 Å². The lowest BCUT2D eigenvalue weighted by atomic mass is 9.81. The second-order valence-corrected chi connectivity index (χ2v) is 18.7. The van der Waals surface area contributed by atoms with E-state index in [9.17, 15) is 0 Å². The molecule has 71 heavy (non-hydrogen) atoms. The maximum absolute atomic E-state index is 6.90. The lowest BCUT2D eigenvalue weighted by Crippen LogP contribution is -1.98. The van der Waals surface area contributed by atoms with Crippen molar-refractivity contribution in [2.45, 2.75) is 0 Å². The number of nitrogens with zero attached hydrogens (tertiary/aromatic N) is 2. The van der Waals surface area contributed by atoms with E-state index in [1.165, 1.54) is 81.3 Å². The summed E-state index contributed by atoms with van der Waals surface area (Å²) in [6.07, 6.45) is 0. The van der Waals surface area contributed by atoms with Gasteiger partial charge in [0.15, 0.2) is 5.82 Å². The molecule has 0 fully saturated rings. The molecule has 2 heterocycles. The monoisotopic (exact) mass is 900 g/mol. The fraction of sp³-hybridized carbons (Fsp3) is 0. The molecule has 0 bridgehead atoms. The number of rotatable bonds is 5. The summed E-state index contributed by atoms with van der Waals surface area (Å²) >= 11 is 0. The quantitative estimate of drug-likeness (QED) is 0.128. The molecule has 0 amide bonds. The Labute approximate surface area is 408 Å². The van der Waals surface area contributed by atoms with Crippen LogP contribution in [0.1, 0.15) is 0 Å². The summed E-state index contributed by atoms with van der Waals surface area (Å²) in [7, 11) is 0. The average molecular weight is 901 g/mol. The molecule has 0 spiro atoms. The van der Waals surface area contributed by atoms with Crippen molar-refractivity contribution >= 4 is 97.3 Å². The van der Waals surface area contributed by atoms with Gasteiger partial charge in [-0.15, -0.1) is 0 Å². The third-order valence-electron chi connectivity index (χ3n) is 14.8. The Hall–Kier alpha value is -9.44. The lowest BCUT2D eigenvalue weighted by molar-refractivity contribution is 0.669. The minimum absolute atomic E-state index is 0.697. The Morgan fingerprint density at radius 1 is 0.211 bits per heavy atom. The third-order valence-corrected chi connectivity index (χ3v) is 14.8. The molecule has 328 valence electrons. The molecule has 15 aromatic rings. The molecule has 0 N–H and O–H groups in total. The second-order valence-electron chi connectivity index (χ2n) is 18.7. The van der Waals surface area contributed by atoms with Crippen molar-refractivity contribution in [1.82, 2.24) is 9.97 Å². The minimum Gasteiger partial charge on any atom is -0.456 e. The van der Waals surface area contributed by atoms with Crippen LogP contribution in [-0.4, -0.2) is 9.97 Å². The van der Waals surface area contributed by atoms with Gasteiger partial charge < -0.3 is 4.42 Å². The van der Waals surface area contributed by atoms with Gasteiger partial charge in [0.2, 0.25) is 0 Å². The summed E-state index contributed by atoms with van der Waals surface area (Å²) in [5.74, 6) is 0.697. The predicted molar refractivity (Wildman–Crippen MR) is 299 cm³/mol. The zero-order valence-electron chi connectivity index (χ0n) is 38.4. The van der Waals surface area contributed by atoms with Crippen LogP contribution in [0.4, 0.5) is 0 Å². The molecular formula is C68H40N2O. The Kier molecular flexibility index (Phi) is 8.66. The van der Waals surface area contributed by atoms with Crippen molar-refractivity contribution in [3.63, 3.8) is 0 Å². The summed E-state index contributed by atoms with van der Waals surface area (Å²) in [4.78, 5) is 10.6. The molecule has 0 unspecified atom stereocenters. The maximum Gasteiger partial charge on any atom is 0.160 e. The van der Waals surface area contributed by atoms with Crippen molar-refractivity contribution in [2.75, 3.05) is 0 Å². The van der Waals surface area contributed by atoms with E-state index >= 15 is 0 Å². The normalized spacial score (nSPS) is 11.9. The van der Waals surface area contributed by atoms with E-state index in [1.807, 2.05) is 12.1 Å². The van der Waals surface area contributed by atoms with Gasteiger partial charge in [0.25, 0.3) is 0 Å². The second kappa shape index (κ2) is 15.5. The first-order valence-corrected chi connectivity index (χ1v) is 24.3. The molecule has 0 aliphatic heterocycles. The summed E-state index contributed by atoms with van der Waals surface area (Å²) < 4.78 is 6.90. The van der Waals surface area contributed by atoms with E-state index in [2.05, 4.69) is 231 Å². The molecule has 0 radical (unpaired) electrons. The van der Waals surface area contributed by atoms with E-state index in [-0.39, 0.29) is 0 Å². The van der Waals surface area contributed by atoms with Gasteiger partial charge >= 0.3 is 0 Å². The highest BCUT2D eigenvalue weighted by molar-refractivity contribution is 6.31. The first-order valence-electron chi connectivity index (χ1n) is 24.3. The Morgan fingerprint density at radius 3 is 1.10 bits per heavy atom. The van der Waals surface area contributed by atoms with E-state index < -0.39 is 0 Å². The Bertz CT molecular complexity index is 4520. The lowest BCUT2D eigenvalue weighted by Gasteiger charge is -2.22. The molecule has 3 nitrogen and oxygen atoms in total. The van der Waals surface area contributed by atoms with Crippen LogP contribution in [0.25, 0.3) is 154 Å². The number of aromatic nitrogens is 2. The Morgan fingerprint density at radius 2 is 0.592 bits per heavy atom. The van der Waals surface area contributed by atoms with Crippen LogP contribution in [0, 0.1) is 0 Å². The number of fused-ring (bicyclic) bond motifs is 13.